The molecule has 12 heteroatoms. The lowest BCUT2D eigenvalue weighted by atomic mass is 9.94. The first kappa shape index (κ1) is 23.3. The number of nitrogens with zero attached hydrogens (tertiary/aromatic N) is 4. The molecule has 4 heterocycles. The Morgan fingerprint density at radius 3 is 2.74 bits per heavy atom. The van der Waals surface area contributed by atoms with Crippen molar-refractivity contribution in [3.8, 4) is 6.07 Å². The number of nitriles is 1. The Hall–Kier alpha value is -3.40. The van der Waals surface area contributed by atoms with Gasteiger partial charge < -0.3 is 10.6 Å². The molecule has 5 N–H and O–H groups in total. The monoisotopic (exact) mass is 499 g/mol. The van der Waals surface area contributed by atoms with Gasteiger partial charge >= 0.3 is 0 Å². The number of aromatic nitrogens is 3. The van der Waals surface area contributed by atoms with Crippen LogP contribution >= 0.6 is 10.6 Å². The van der Waals surface area contributed by atoms with E-state index in [1.807, 2.05) is 6.07 Å². The summed E-state index contributed by atoms with van der Waals surface area (Å²) in [6, 6.07) is 7.98. The average molecular weight is 500 g/mol. The van der Waals surface area contributed by atoms with Crippen LogP contribution in [0, 0.1) is 28.5 Å². The van der Waals surface area contributed by atoms with Gasteiger partial charge in [-0.15, -0.1) is 0 Å². The van der Waals surface area contributed by atoms with Gasteiger partial charge in [0.25, 0.3) is 0 Å². The highest BCUT2D eigenvalue weighted by atomic mass is 32.3. The Morgan fingerprint density at radius 2 is 2.09 bits per heavy atom. The highest BCUT2D eigenvalue weighted by molar-refractivity contribution is 8.26. The largest absolute Gasteiger partial charge is 0.360 e. The van der Waals surface area contributed by atoms with E-state index in [4.69, 9.17) is 10.7 Å². The maximum Gasteiger partial charge on any atom is 0.158 e. The van der Waals surface area contributed by atoms with Crippen molar-refractivity contribution in [1.82, 2.24) is 20.3 Å². The zero-order valence-electron chi connectivity index (χ0n) is 18.7. The third-order valence-corrected chi connectivity index (χ3v) is 9.47. The molecule has 2 fully saturated rings. The van der Waals surface area contributed by atoms with Crippen LogP contribution in [0.1, 0.15) is 31.0 Å². The Labute approximate surface area is 201 Å². The average Bonchev–Trinajstić information content (AvgIpc) is 3.65. The number of alkyl halides is 1. The van der Waals surface area contributed by atoms with E-state index < -0.39 is 33.4 Å². The van der Waals surface area contributed by atoms with Crippen LogP contribution in [-0.4, -0.2) is 47.1 Å². The standard InChI is InChI=1S/C23H23F2N7O2S/c1-22(12-35(33,34)23(11-24,15-2-3-15)21(27)32-22)19-16(25)4-5-17(30-19)31-20-18-14(6-7-28-20)8-13(9-26)10-29-18/h4-8,10,15,33-34H,2-3,11-12H2,1H3,(H2,27,32)(H,28,30,31)/t22-,23-/m0/s1. The summed E-state index contributed by atoms with van der Waals surface area (Å²) in [5.41, 5.74) is -0.730. The number of hydrogen-bond acceptors (Lipinski definition) is 8. The molecule has 1 saturated carbocycles. The van der Waals surface area contributed by atoms with Crippen LogP contribution in [0.3, 0.4) is 0 Å². The summed E-state index contributed by atoms with van der Waals surface area (Å²) in [5.74, 6) is -1.23. The Morgan fingerprint density at radius 1 is 1.31 bits per heavy atom. The van der Waals surface area contributed by atoms with Gasteiger partial charge in [0.05, 0.1) is 16.9 Å². The van der Waals surface area contributed by atoms with Gasteiger partial charge in [0, 0.05) is 17.8 Å². The lowest BCUT2D eigenvalue weighted by Crippen LogP contribution is -2.66. The van der Waals surface area contributed by atoms with Crippen LogP contribution in [0.4, 0.5) is 20.4 Å². The predicted octanol–water partition coefficient (Wildman–Crippen LogP) is 4.44. The number of pyridine rings is 3. The SMILES string of the molecule is C[C@@]1(c2nc(Nc3nccc4cc(C#N)cnc34)ccc2F)CS(O)(O)[C@@](CF)(C2CC2)C(=N)N1. The minimum absolute atomic E-state index is 0.143. The fourth-order valence-electron chi connectivity index (χ4n) is 4.76. The Kier molecular flexibility index (Phi) is 5.39. The molecule has 1 aliphatic heterocycles. The molecule has 0 spiro atoms. The predicted molar refractivity (Wildman–Crippen MR) is 129 cm³/mol. The van der Waals surface area contributed by atoms with E-state index in [9.17, 15) is 13.5 Å². The lowest BCUT2D eigenvalue weighted by molar-refractivity contribution is 0.320. The van der Waals surface area contributed by atoms with Gasteiger partial charge in [-0.25, -0.2) is 18.7 Å². The van der Waals surface area contributed by atoms with Crippen molar-refractivity contribution >= 4 is 39.0 Å². The Balaban J connectivity index is 1.50. The molecule has 0 amide bonds. The van der Waals surface area contributed by atoms with Gasteiger partial charge in [0.1, 0.15) is 46.2 Å². The zero-order valence-corrected chi connectivity index (χ0v) is 19.5. The number of fused-ring (bicyclic) bond motifs is 1. The molecule has 0 unspecified atom stereocenters. The van der Waals surface area contributed by atoms with Crippen molar-refractivity contribution in [2.75, 3.05) is 17.7 Å². The van der Waals surface area contributed by atoms with Crippen LogP contribution < -0.4 is 10.6 Å². The van der Waals surface area contributed by atoms with Gasteiger partial charge in [-0.1, -0.05) is 0 Å². The molecule has 0 radical (unpaired) electrons. The van der Waals surface area contributed by atoms with Crippen LogP contribution in [0.2, 0.25) is 0 Å². The maximum absolute atomic E-state index is 15.0. The zero-order chi connectivity index (χ0) is 25.0. The molecule has 5 rings (SSSR count). The summed E-state index contributed by atoms with van der Waals surface area (Å²) in [4.78, 5) is 12.9. The minimum atomic E-state index is -3.64. The first-order chi connectivity index (χ1) is 16.6. The number of hydrogen-bond donors (Lipinski definition) is 5. The smallest absolute Gasteiger partial charge is 0.158 e. The van der Waals surface area contributed by atoms with Crippen molar-refractivity contribution in [3.05, 3.63) is 53.7 Å². The van der Waals surface area contributed by atoms with Crippen LogP contribution in [-0.2, 0) is 5.54 Å². The topological polar surface area (TPSA) is 151 Å². The molecular formula is C23H23F2N7O2S. The van der Waals surface area contributed by atoms with Gasteiger partial charge in [0.15, 0.2) is 5.82 Å². The van der Waals surface area contributed by atoms with Crippen molar-refractivity contribution in [1.29, 1.82) is 10.7 Å². The fraction of sp³-hybridized carbons (Fsp3) is 0.348. The van der Waals surface area contributed by atoms with E-state index in [-0.39, 0.29) is 29.0 Å². The molecule has 0 bridgehead atoms. The van der Waals surface area contributed by atoms with E-state index >= 15 is 4.39 Å². The first-order valence-electron chi connectivity index (χ1n) is 10.9. The molecule has 3 aromatic heterocycles. The van der Waals surface area contributed by atoms with E-state index in [2.05, 4.69) is 25.6 Å². The number of halogens is 2. The van der Waals surface area contributed by atoms with Crippen molar-refractivity contribution in [3.63, 3.8) is 0 Å². The third kappa shape index (κ3) is 3.67. The number of amidine groups is 1. The molecule has 2 aliphatic rings. The van der Waals surface area contributed by atoms with E-state index in [1.54, 1.807) is 12.1 Å². The molecule has 1 aliphatic carbocycles. The summed E-state index contributed by atoms with van der Waals surface area (Å²) in [7, 11) is -3.64. The van der Waals surface area contributed by atoms with Crippen molar-refractivity contribution < 1.29 is 17.9 Å². The third-order valence-electron chi connectivity index (χ3n) is 6.68. The fourth-order valence-corrected chi connectivity index (χ4v) is 7.35. The molecule has 0 aromatic carbocycles. The van der Waals surface area contributed by atoms with Gasteiger partial charge in [-0.2, -0.15) is 15.9 Å². The summed E-state index contributed by atoms with van der Waals surface area (Å²) in [6.45, 7) is 0.438. The van der Waals surface area contributed by atoms with Crippen LogP contribution in [0.5, 0.6) is 0 Å². The molecule has 1 saturated heterocycles. The second kappa shape index (κ2) is 8.08. The summed E-state index contributed by atoms with van der Waals surface area (Å²) in [6.07, 6.45) is 4.16. The molecule has 35 heavy (non-hydrogen) atoms. The summed E-state index contributed by atoms with van der Waals surface area (Å²) >= 11 is 0. The normalized spacial score (nSPS) is 26.6. The highest BCUT2D eigenvalue weighted by Crippen LogP contribution is 2.66. The van der Waals surface area contributed by atoms with Gasteiger partial charge in [0.2, 0.25) is 0 Å². The van der Waals surface area contributed by atoms with Crippen LogP contribution in [0.25, 0.3) is 10.9 Å². The summed E-state index contributed by atoms with van der Waals surface area (Å²) < 4.78 is 49.6. The van der Waals surface area contributed by atoms with E-state index in [0.717, 1.165) is 0 Å². The van der Waals surface area contributed by atoms with E-state index in [0.29, 0.717) is 35.1 Å². The minimum Gasteiger partial charge on any atom is -0.360 e. The number of anilines is 2. The molecule has 182 valence electrons. The first-order valence-corrected chi connectivity index (χ1v) is 12.6. The highest BCUT2D eigenvalue weighted by Gasteiger charge is 2.63. The van der Waals surface area contributed by atoms with Gasteiger partial charge in [-0.3, -0.25) is 19.5 Å². The number of rotatable bonds is 5. The van der Waals surface area contributed by atoms with Crippen molar-refractivity contribution in [2.45, 2.75) is 30.1 Å². The van der Waals surface area contributed by atoms with Crippen molar-refractivity contribution in [2.24, 2.45) is 5.92 Å². The van der Waals surface area contributed by atoms with E-state index in [1.165, 1.54) is 31.5 Å². The quantitative estimate of drug-likeness (QED) is 0.346. The second-order valence-electron chi connectivity index (χ2n) is 9.16. The van der Waals surface area contributed by atoms with Gasteiger partial charge in [-0.05, 0) is 49.9 Å². The second-order valence-corrected chi connectivity index (χ2v) is 11.5. The molecule has 3 aromatic rings. The molecule has 9 nitrogen and oxygen atoms in total. The number of nitrogens with one attached hydrogen (secondary N) is 3. The Bertz CT molecular complexity index is 1390. The molecular weight excluding hydrogens is 476 g/mol. The lowest BCUT2D eigenvalue weighted by Gasteiger charge is -2.58. The maximum atomic E-state index is 15.0. The summed E-state index contributed by atoms with van der Waals surface area (Å²) in [5, 5.41) is 24.1. The molecule has 2 atom stereocenters. The van der Waals surface area contributed by atoms with Crippen LogP contribution in [0.15, 0.2) is 36.7 Å².